The van der Waals surface area contributed by atoms with Crippen LogP contribution in [0.4, 0.5) is 0 Å². The van der Waals surface area contributed by atoms with Gasteiger partial charge in [-0.3, -0.25) is 4.79 Å². The maximum Gasteiger partial charge on any atom is 0.303 e. The molecular formula is C10H17NO2. The summed E-state index contributed by atoms with van der Waals surface area (Å²) in [5, 5.41) is 0. The van der Waals surface area contributed by atoms with Gasteiger partial charge in [0.05, 0.1) is 0 Å². The summed E-state index contributed by atoms with van der Waals surface area (Å²) in [5.74, 6) is -0.219. The van der Waals surface area contributed by atoms with E-state index in [2.05, 4.69) is 0 Å². The number of carbonyl (C=O) groups is 1. The third-order valence-corrected chi connectivity index (χ3v) is 2.19. The first-order valence-corrected chi connectivity index (χ1v) is 4.78. The van der Waals surface area contributed by atoms with E-state index in [1.165, 1.54) is 6.92 Å². The van der Waals surface area contributed by atoms with Crippen LogP contribution in [0.2, 0.25) is 0 Å². The monoisotopic (exact) mass is 183 g/mol. The fraction of sp³-hybridized carbons (Fsp3) is 0.700. The van der Waals surface area contributed by atoms with Crippen LogP contribution in [-0.4, -0.2) is 18.1 Å². The van der Waals surface area contributed by atoms with Crippen molar-refractivity contribution in [3.8, 4) is 0 Å². The van der Waals surface area contributed by atoms with Gasteiger partial charge in [-0.2, -0.15) is 0 Å². The molecule has 0 spiro atoms. The second-order valence-electron chi connectivity index (χ2n) is 3.49. The van der Waals surface area contributed by atoms with Crippen LogP contribution in [-0.2, 0) is 9.53 Å². The van der Waals surface area contributed by atoms with Crippen molar-refractivity contribution in [1.29, 1.82) is 0 Å². The molecular weight excluding hydrogens is 166 g/mol. The lowest BCUT2D eigenvalue weighted by atomic mass is 10.0. The number of hydrogen-bond donors (Lipinski definition) is 1. The molecule has 0 aliphatic heterocycles. The third-order valence-electron chi connectivity index (χ3n) is 2.19. The molecule has 0 aromatic carbocycles. The highest BCUT2D eigenvalue weighted by atomic mass is 16.5. The first-order chi connectivity index (χ1) is 6.18. The van der Waals surface area contributed by atoms with Crippen molar-refractivity contribution in [3.63, 3.8) is 0 Å². The van der Waals surface area contributed by atoms with E-state index in [1.54, 1.807) is 0 Å². The molecule has 13 heavy (non-hydrogen) atoms. The Morgan fingerprint density at radius 3 is 2.92 bits per heavy atom. The summed E-state index contributed by atoms with van der Waals surface area (Å²) in [4.78, 5) is 10.7. The minimum Gasteiger partial charge on any atom is -0.458 e. The van der Waals surface area contributed by atoms with Gasteiger partial charge in [0.2, 0.25) is 0 Å². The number of esters is 1. The summed E-state index contributed by atoms with van der Waals surface area (Å²) in [6, 6.07) is 0.253. The average Bonchev–Trinajstić information content (AvgIpc) is 2.03. The van der Waals surface area contributed by atoms with Gasteiger partial charge in [-0.15, -0.1) is 0 Å². The molecule has 0 heterocycles. The largest absolute Gasteiger partial charge is 0.458 e. The third kappa shape index (κ3) is 4.08. The van der Waals surface area contributed by atoms with Crippen LogP contribution >= 0.6 is 0 Å². The predicted octanol–water partition coefficient (Wildman–Crippen LogP) is 1.38. The lowest BCUT2D eigenvalue weighted by Crippen LogP contribution is -2.24. The van der Waals surface area contributed by atoms with E-state index < -0.39 is 0 Å². The van der Waals surface area contributed by atoms with E-state index in [4.69, 9.17) is 10.5 Å². The van der Waals surface area contributed by atoms with Gasteiger partial charge in [-0.25, -0.2) is 0 Å². The highest BCUT2D eigenvalue weighted by Crippen LogP contribution is 2.13. The van der Waals surface area contributed by atoms with Gasteiger partial charge < -0.3 is 10.5 Å². The van der Waals surface area contributed by atoms with E-state index in [1.807, 2.05) is 12.2 Å². The summed E-state index contributed by atoms with van der Waals surface area (Å²) < 4.78 is 5.09. The van der Waals surface area contributed by atoms with Crippen LogP contribution < -0.4 is 5.73 Å². The Morgan fingerprint density at radius 1 is 1.46 bits per heavy atom. The molecule has 1 aliphatic rings. The quantitative estimate of drug-likeness (QED) is 0.493. The second kappa shape index (κ2) is 5.02. The molecule has 2 unspecified atom stereocenters. The van der Waals surface area contributed by atoms with Gasteiger partial charge in [0, 0.05) is 13.0 Å². The van der Waals surface area contributed by atoms with Crippen LogP contribution in [0.15, 0.2) is 12.2 Å². The standard InChI is InChI=1S/C10H17NO2/c1-8(12)13-10-5-3-2-4-9(11)6-7-10/h3,5,9-10H,2,4,6-7,11H2,1H3/b5-3+. The fourth-order valence-electron chi connectivity index (χ4n) is 1.49. The summed E-state index contributed by atoms with van der Waals surface area (Å²) in [6.07, 6.45) is 7.74. The van der Waals surface area contributed by atoms with E-state index in [0.29, 0.717) is 0 Å². The zero-order valence-corrected chi connectivity index (χ0v) is 8.03. The van der Waals surface area contributed by atoms with Crippen LogP contribution in [0, 0.1) is 0 Å². The summed E-state index contributed by atoms with van der Waals surface area (Å²) in [5.41, 5.74) is 5.82. The predicted molar refractivity (Wildman–Crippen MR) is 51.1 cm³/mol. The van der Waals surface area contributed by atoms with Gasteiger partial charge in [-0.1, -0.05) is 6.08 Å². The first kappa shape index (κ1) is 10.3. The van der Waals surface area contributed by atoms with E-state index in [-0.39, 0.29) is 18.1 Å². The summed E-state index contributed by atoms with van der Waals surface area (Å²) in [6.45, 7) is 1.44. The lowest BCUT2D eigenvalue weighted by Gasteiger charge is -2.18. The molecule has 1 aliphatic carbocycles. The molecule has 2 N–H and O–H groups in total. The maximum absolute atomic E-state index is 10.7. The van der Waals surface area contributed by atoms with Crippen molar-refractivity contribution in [3.05, 3.63) is 12.2 Å². The van der Waals surface area contributed by atoms with E-state index in [9.17, 15) is 4.79 Å². The number of hydrogen-bond acceptors (Lipinski definition) is 3. The van der Waals surface area contributed by atoms with Gasteiger partial charge in [0.25, 0.3) is 0 Å². The Hall–Kier alpha value is -0.830. The van der Waals surface area contributed by atoms with Gasteiger partial charge >= 0.3 is 5.97 Å². The Morgan fingerprint density at radius 2 is 2.23 bits per heavy atom. The van der Waals surface area contributed by atoms with Crippen molar-refractivity contribution in [1.82, 2.24) is 0 Å². The van der Waals surface area contributed by atoms with Gasteiger partial charge in [-0.05, 0) is 31.8 Å². The SMILES string of the molecule is CC(=O)OC1/C=C/CCC(N)CC1. The Labute approximate surface area is 78.9 Å². The highest BCUT2D eigenvalue weighted by Gasteiger charge is 2.12. The number of ether oxygens (including phenoxy) is 1. The molecule has 0 fully saturated rings. The Bertz CT molecular complexity index is 201. The molecule has 3 nitrogen and oxygen atoms in total. The molecule has 0 aromatic heterocycles. The van der Waals surface area contributed by atoms with Crippen molar-refractivity contribution < 1.29 is 9.53 Å². The number of nitrogens with two attached hydrogens (primary N) is 1. The molecule has 1 rings (SSSR count). The number of carbonyl (C=O) groups excluding carboxylic acids is 1. The average molecular weight is 183 g/mol. The van der Waals surface area contributed by atoms with Gasteiger partial charge in [0.1, 0.15) is 6.10 Å². The van der Waals surface area contributed by atoms with Crippen molar-refractivity contribution in [2.75, 3.05) is 0 Å². The summed E-state index contributed by atoms with van der Waals surface area (Å²) >= 11 is 0. The van der Waals surface area contributed by atoms with Crippen LogP contribution in [0.5, 0.6) is 0 Å². The fourth-order valence-corrected chi connectivity index (χ4v) is 1.49. The zero-order valence-electron chi connectivity index (χ0n) is 8.03. The van der Waals surface area contributed by atoms with Crippen molar-refractivity contribution in [2.45, 2.75) is 44.8 Å². The molecule has 0 bridgehead atoms. The van der Waals surface area contributed by atoms with Crippen molar-refractivity contribution >= 4 is 5.97 Å². The Kier molecular flexibility index (Phi) is 3.96. The molecule has 74 valence electrons. The van der Waals surface area contributed by atoms with E-state index >= 15 is 0 Å². The second-order valence-corrected chi connectivity index (χ2v) is 3.49. The lowest BCUT2D eigenvalue weighted by molar-refractivity contribution is -0.144. The highest BCUT2D eigenvalue weighted by molar-refractivity contribution is 5.66. The Balaban J connectivity index is 2.44. The zero-order chi connectivity index (χ0) is 9.68. The molecule has 2 atom stereocenters. The maximum atomic E-state index is 10.7. The minimum atomic E-state index is -0.219. The topological polar surface area (TPSA) is 52.3 Å². The van der Waals surface area contributed by atoms with Crippen LogP contribution in [0.1, 0.15) is 32.6 Å². The van der Waals surface area contributed by atoms with Gasteiger partial charge in [0.15, 0.2) is 0 Å². The van der Waals surface area contributed by atoms with Crippen LogP contribution in [0.3, 0.4) is 0 Å². The van der Waals surface area contributed by atoms with Crippen molar-refractivity contribution in [2.24, 2.45) is 5.73 Å². The molecule has 0 amide bonds. The molecule has 0 radical (unpaired) electrons. The van der Waals surface area contributed by atoms with Crippen LogP contribution in [0.25, 0.3) is 0 Å². The smallest absolute Gasteiger partial charge is 0.303 e. The molecule has 3 heteroatoms. The molecule has 0 saturated carbocycles. The number of rotatable bonds is 1. The minimum absolute atomic E-state index is 0.0659. The molecule has 0 saturated heterocycles. The normalized spacial score (nSPS) is 31.5. The first-order valence-electron chi connectivity index (χ1n) is 4.78. The summed E-state index contributed by atoms with van der Waals surface area (Å²) in [7, 11) is 0. The number of allylic oxidation sites excluding steroid dienone is 1. The van der Waals surface area contributed by atoms with E-state index in [0.717, 1.165) is 25.7 Å². The molecule has 0 aromatic rings.